The van der Waals surface area contributed by atoms with Crippen LogP contribution < -0.4 is 0 Å². The van der Waals surface area contributed by atoms with Gasteiger partial charge in [0.1, 0.15) is 24.6 Å². The first-order chi connectivity index (χ1) is 13.8. The van der Waals surface area contributed by atoms with E-state index in [-0.39, 0.29) is 43.5 Å². The summed E-state index contributed by atoms with van der Waals surface area (Å²) in [6.45, 7) is -0.0757. The van der Waals surface area contributed by atoms with Crippen molar-refractivity contribution in [1.29, 1.82) is 0 Å². The fourth-order valence-corrected chi connectivity index (χ4v) is 2.40. The maximum absolute atomic E-state index is 12.0. The average molecular weight is 424 g/mol. The highest BCUT2D eigenvalue weighted by Gasteiger charge is 2.11. The van der Waals surface area contributed by atoms with Crippen LogP contribution in [0, 0.1) is 0 Å². The molecule has 0 aliphatic carbocycles. The van der Waals surface area contributed by atoms with E-state index in [9.17, 15) is 18.0 Å². The molecule has 2 aromatic rings. The molecular formula is C18H20N2O8S. The molecule has 0 aliphatic rings. The van der Waals surface area contributed by atoms with Crippen LogP contribution in [0.25, 0.3) is 0 Å². The SMILES string of the molecule is COC(=O)c1cccc(COCCOC(=O)c2cccc(COS(C)(=O)=O)n2)n1. The van der Waals surface area contributed by atoms with Crippen LogP contribution in [0.4, 0.5) is 0 Å². The molecule has 0 aliphatic heterocycles. The number of hydrogen-bond donors (Lipinski definition) is 0. The van der Waals surface area contributed by atoms with Crippen molar-refractivity contribution in [3.8, 4) is 0 Å². The predicted octanol–water partition coefficient (Wildman–Crippen LogP) is 1.11. The highest BCUT2D eigenvalue weighted by molar-refractivity contribution is 7.85. The number of ether oxygens (including phenoxy) is 3. The summed E-state index contributed by atoms with van der Waals surface area (Å²) in [6, 6.07) is 9.38. The molecule has 2 aromatic heterocycles. The summed E-state index contributed by atoms with van der Waals surface area (Å²) in [4.78, 5) is 31.6. The van der Waals surface area contributed by atoms with Crippen LogP contribution in [0.3, 0.4) is 0 Å². The summed E-state index contributed by atoms with van der Waals surface area (Å²) in [6.07, 6.45) is 0.923. The summed E-state index contributed by atoms with van der Waals surface area (Å²) < 4.78 is 41.7. The zero-order valence-corrected chi connectivity index (χ0v) is 16.7. The molecule has 11 heteroatoms. The zero-order valence-electron chi connectivity index (χ0n) is 15.9. The summed E-state index contributed by atoms with van der Waals surface area (Å²) in [5.74, 6) is -1.22. The van der Waals surface area contributed by atoms with Crippen LogP contribution in [0.5, 0.6) is 0 Å². The van der Waals surface area contributed by atoms with Crippen LogP contribution in [0.1, 0.15) is 32.4 Å². The molecule has 0 saturated heterocycles. The highest BCUT2D eigenvalue weighted by Crippen LogP contribution is 2.06. The first-order valence-electron chi connectivity index (χ1n) is 8.38. The van der Waals surface area contributed by atoms with Crippen molar-refractivity contribution >= 4 is 22.1 Å². The van der Waals surface area contributed by atoms with Crippen molar-refractivity contribution in [2.45, 2.75) is 13.2 Å². The Labute approximate surface area is 167 Å². The molecule has 0 fully saturated rings. The highest BCUT2D eigenvalue weighted by atomic mass is 32.2. The first kappa shape index (κ1) is 22.4. The minimum absolute atomic E-state index is 0.0204. The van der Waals surface area contributed by atoms with Gasteiger partial charge in [0.05, 0.1) is 38.0 Å². The topological polar surface area (TPSA) is 131 Å². The number of rotatable bonds is 10. The lowest BCUT2D eigenvalue weighted by Crippen LogP contribution is -2.14. The number of carbonyl (C=O) groups excluding carboxylic acids is 2. The van der Waals surface area contributed by atoms with Crippen LogP contribution in [0.15, 0.2) is 36.4 Å². The third-order valence-corrected chi connectivity index (χ3v) is 3.89. The average Bonchev–Trinajstić information content (AvgIpc) is 2.71. The number of esters is 2. The molecule has 2 heterocycles. The van der Waals surface area contributed by atoms with E-state index in [4.69, 9.17) is 9.47 Å². The van der Waals surface area contributed by atoms with Gasteiger partial charge in [0.2, 0.25) is 0 Å². The molecule has 0 N–H and O–H groups in total. The molecule has 0 unspecified atom stereocenters. The second-order valence-corrected chi connectivity index (χ2v) is 7.32. The molecule has 2 rings (SSSR count). The van der Waals surface area contributed by atoms with E-state index in [1.807, 2.05) is 0 Å². The molecule has 0 aromatic carbocycles. The monoisotopic (exact) mass is 424 g/mol. The Morgan fingerprint density at radius 3 is 2.07 bits per heavy atom. The number of methoxy groups -OCH3 is 1. The van der Waals surface area contributed by atoms with Gasteiger partial charge in [-0.3, -0.25) is 4.18 Å². The van der Waals surface area contributed by atoms with Crippen molar-refractivity contribution in [2.24, 2.45) is 0 Å². The molecule has 0 spiro atoms. The standard InChI is InChI=1S/C18H20N2O8S/c1-25-17(21)15-7-3-5-13(19-15)11-26-9-10-27-18(22)16-8-4-6-14(20-16)12-28-29(2,23)24/h3-8H,9-12H2,1-2H3. The van der Waals surface area contributed by atoms with Gasteiger partial charge in [-0.25, -0.2) is 19.6 Å². The van der Waals surface area contributed by atoms with E-state index < -0.39 is 22.1 Å². The first-order valence-corrected chi connectivity index (χ1v) is 10.2. The summed E-state index contributed by atoms with van der Waals surface area (Å²) in [5.41, 5.74) is 0.995. The van der Waals surface area contributed by atoms with E-state index >= 15 is 0 Å². The van der Waals surface area contributed by atoms with Gasteiger partial charge in [0, 0.05) is 0 Å². The van der Waals surface area contributed by atoms with Gasteiger partial charge < -0.3 is 14.2 Å². The maximum atomic E-state index is 12.0. The number of nitrogens with zero attached hydrogens (tertiary/aromatic N) is 2. The Hall–Kier alpha value is -2.89. The number of hydrogen-bond acceptors (Lipinski definition) is 10. The lowest BCUT2D eigenvalue weighted by molar-refractivity contribution is 0.0276. The number of pyridine rings is 2. The van der Waals surface area contributed by atoms with E-state index in [1.165, 1.54) is 25.3 Å². The minimum Gasteiger partial charge on any atom is -0.464 e. The van der Waals surface area contributed by atoms with Crippen molar-refractivity contribution in [3.05, 3.63) is 59.2 Å². The largest absolute Gasteiger partial charge is 0.464 e. The smallest absolute Gasteiger partial charge is 0.357 e. The molecular weight excluding hydrogens is 404 g/mol. The third-order valence-electron chi connectivity index (χ3n) is 3.35. The number of aromatic nitrogens is 2. The van der Waals surface area contributed by atoms with Gasteiger partial charge in [0.15, 0.2) is 0 Å². The maximum Gasteiger partial charge on any atom is 0.357 e. The Kier molecular flexibility index (Phi) is 8.19. The molecule has 0 atom stereocenters. The second kappa shape index (κ2) is 10.6. The Morgan fingerprint density at radius 2 is 1.48 bits per heavy atom. The van der Waals surface area contributed by atoms with E-state index in [0.29, 0.717) is 5.69 Å². The lowest BCUT2D eigenvalue weighted by atomic mass is 10.3. The molecule has 0 radical (unpaired) electrons. The van der Waals surface area contributed by atoms with Crippen LogP contribution >= 0.6 is 0 Å². The molecule has 0 bridgehead atoms. The Morgan fingerprint density at radius 1 is 0.897 bits per heavy atom. The molecule has 10 nitrogen and oxygen atoms in total. The van der Waals surface area contributed by atoms with Crippen LogP contribution in [0.2, 0.25) is 0 Å². The lowest BCUT2D eigenvalue weighted by Gasteiger charge is -2.07. The van der Waals surface area contributed by atoms with Gasteiger partial charge in [-0.1, -0.05) is 12.1 Å². The Balaban J connectivity index is 1.77. The zero-order chi connectivity index (χ0) is 21.3. The van der Waals surface area contributed by atoms with Crippen molar-refractivity contribution < 1.29 is 36.4 Å². The van der Waals surface area contributed by atoms with Crippen LogP contribution in [-0.4, -0.2) is 56.9 Å². The molecule has 156 valence electrons. The van der Waals surface area contributed by atoms with E-state index in [1.54, 1.807) is 18.2 Å². The van der Waals surface area contributed by atoms with Crippen molar-refractivity contribution in [1.82, 2.24) is 9.97 Å². The summed E-state index contributed by atoms with van der Waals surface area (Å²) >= 11 is 0. The number of carbonyl (C=O) groups is 2. The third kappa shape index (κ3) is 7.94. The Bertz CT molecular complexity index is 962. The summed E-state index contributed by atoms with van der Waals surface area (Å²) in [7, 11) is -2.34. The van der Waals surface area contributed by atoms with Crippen molar-refractivity contribution in [2.75, 3.05) is 26.6 Å². The second-order valence-electron chi connectivity index (χ2n) is 5.67. The van der Waals surface area contributed by atoms with E-state index in [0.717, 1.165) is 6.26 Å². The fourth-order valence-electron chi connectivity index (χ4n) is 2.06. The van der Waals surface area contributed by atoms with Crippen LogP contribution in [-0.2, 0) is 41.7 Å². The fraction of sp³-hybridized carbons (Fsp3) is 0.333. The van der Waals surface area contributed by atoms with Gasteiger partial charge >= 0.3 is 11.9 Å². The van der Waals surface area contributed by atoms with Crippen molar-refractivity contribution in [3.63, 3.8) is 0 Å². The molecule has 0 saturated carbocycles. The van der Waals surface area contributed by atoms with E-state index in [2.05, 4.69) is 18.9 Å². The minimum atomic E-state index is -3.61. The predicted molar refractivity (Wildman–Crippen MR) is 99.4 cm³/mol. The van der Waals surface area contributed by atoms with Gasteiger partial charge in [0.25, 0.3) is 10.1 Å². The van der Waals surface area contributed by atoms with Gasteiger partial charge in [-0.15, -0.1) is 0 Å². The van der Waals surface area contributed by atoms with Gasteiger partial charge in [-0.2, -0.15) is 8.42 Å². The molecule has 29 heavy (non-hydrogen) atoms. The normalized spacial score (nSPS) is 11.1. The molecule has 0 amide bonds. The quantitative estimate of drug-likeness (QED) is 0.310. The van der Waals surface area contributed by atoms with Gasteiger partial charge in [-0.05, 0) is 24.3 Å². The summed E-state index contributed by atoms with van der Waals surface area (Å²) in [5, 5.41) is 0.